The molecule has 172 valence electrons. The average Bonchev–Trinajstić information content (AvgIpc) is 3.31. The fourth-order valence-corrected chi connectivity index (χ4v) is 4.11. The number of rotatable bonds is 7. The highest BCUT2D eigenvalue weighted by Crippen LogP contribution is 2.37. The molecular formula is C26H29N3O4. The van der Waals surface area contributed by atoms with Crippen molar-refractivity contribution in [3.8, 4) is 5.75 Å². The maximum atomic E-state index is 12.7. The summed E-state index contributed by atoms with van der Waals surface area (Å²) in [5, 5.41) is 2.78. The highest BCUT2D eigenvalue weighted by Gasteiger charge is 2.31. The molecule has 1 unspecified atom stereocenters. The molecule has 7 nitrogen and oxygen atoms in total. The van der Waals surface area contributed by atoms with Gasteiger partial charge in [-0.15, -0.1) is 0 Å². The molecule has 0 aliphatic carbocycles. The Kier molecular flexibility index (Phi) is 6.77. The van der Waals surface area contributed by atoms with Gasteiger partial charge in [0.05, 0.1) is 6.04 Å². The molecule has 3 aromatic rings. The number of nitrogens with zero attached hydrogens (tertiary/aromatic N) is 2. The molecule has 33 heavy (non-hydrogen) atoms. The van der Waals surface area contributed by atoms with E-state index >= 15 is 0 Å². The van der Waals surface area contributed by atoms with Crippen molar-refractivity contribution < 1.29 is 18.7 Å². The number of fused-ring (bicyclic) bond motifs is 1. The molecular weight excluding hydrogens is 418 g/mol. The lowest BCUT2D eigenvalue weighted by molar-refractivity contribution is -0.132. The largest absolute Gasteiger partial charge is 0.484 e. The number of ether oxygens (including phenoxy) is 1. The highest BCUT2D eigenvalue weighted by atomic mass is 16.5. The third-order valence-corrected chi connectivity index (χ3v) is 5.65. The molecule has 1 aliphatic rings. The number of amides is 2. The number of hydrogen-bond acceptors (Lipinski definition) is 5. The molecule has 1 N–H and O–H groups in total. The highest BCUT2D eigenvalue weighted by molar-refractivity contribution is 5.92. The quantitative estimate of drug-likeness (QED) is 0.585. The summed E-state index contributed by atoms with van der Waals surface area (Å²) in [7, 11) is 0. The Balaban J connectivity index is 1.55. The lowest BCUT2D eigenvalue weighted by Crippen LogP contribution is -2.40. The lowest BCUT2D eigenvalue weighted by atomic mass is 9.87. The summed E-state index contributed by atoms with van der Waals surface area (Å²) >= 11 is 0. The zero-order valence-corrected chi connectivity index (χ0v) is 19.2. The van der Waals surface area contributed by atoms with Crippen LogP contribution in [0.3, 0.4) is 0 Å². The lowest BCUT2D eigenvalue weighted by Gasteiger charge is -2.38. The predicted octanol–water partition coefficient (Wildman–Crippen LogP) is 4.28. The van der Waals surface area contributed by atoms with Crippen LogP contribution in [0.25, 0.3) is 0 Å². The third-order valence-electron chi connectivity index (χ3n) is 5.65. The van der Waals surface area contributed by atoms with Gasteiger partial charge in [-0.3, -0.25) is 9.59 Å². The van der Waals surface area contributed by atoms with Gasteiger partial charge in [-0.25, -0.2) is 4.98 Å². The molecule has 2 aromatic carbocycles. The van der Waals surface area contributed by atoms with E-state index in [1.165, 1.54) is 11.8 Å². The summed E-state index contributed by atoms with van der Waals surface area (Å²) in [5.41, 5.74) is 3.58. The minimum absolute atomic E-state index is 0.0149. The molecule has 7 heteroatoms. The second kappa shape index (κ2) is 9.90. The van der Waals surface area contributed by atoms with Crippen LogP contribution in [0.4, 0.5) is 0 Å². The van der Waals surface area contributed by atoms with Gasteiger partial charge in [-0.05, 0) is 49.1 Å². The van der Waals surface area contributed by atoms with Crippen molar-refractivity contribution in [2.45, 2.75) is 52.3 Å². The van der Waals surface area contributed by atoms with E-state index in [9.17, 15) is 9.59 Å². The summed E-state index contributed by atoms with van der Waals surface area (Å²) in [5.74, 6) is 0.837. The van der Waals surface area contributed by atoms with Gasteiger partial charge >= 0.3 is 0 Å². The molecule has 1 aromatic heterocycles. The van der Waals surface area contributed by atoms with Crippen LogP contribution >= 0.6 is 0 Å². The van der Waals surface area contributed by atoms with Crippen LogP contribution in [0, 0.1) is 0 Å². The molecule has 2 amide bonds. The van der Waals surface area contributed by atoms with Gasteiger partial charge in [0.1, 0.15) is 12.0 Å². The molecule has 2 heterocycles. The summed E-state index contributed by atoms with van der Waals surface area (Å²) < 4.78 is 11.4. The van der Waals surface area contributed by atoms with Crippen molar-refractivity contribution in [1.82, 2.24) is 15.2 Å². The second-order valence-electron chi connectivity index (χ2n) is 8.41. The maximum absolute atomic E-state index is 12.7. The standard InChI is InChI=1S/C26H29N3O4/c1-4-24(30)29-13-12-18-10-11-20(14-21(18)25(29)19-8-6-5-7-9-19)32-16-23-28-22(15-33-23)26(31)27-17(2)3/h5-11,14-15,17,25H,4,12-13,16H2,1-3H3,(H,27,31). The summed E-state index contributed by atoms with van der Waals surface area (Å²) in [6, 6.07) is 15.9. The first kappa shape index (κ1) is 22.6. The number of aromatic nitrogens is 1. The Morgan fingerprint density at radius 2 is 2.00 bits per heavy atom. The van der Waals surface area contributed by atoms with E-state index in [0.717, 1.165) is 17.5 Å². The van der Waals surface area contributed by atoms with E-state index in [2.05, 4.69) is 28.5 Å². The molecule has 0 bridgehead atoms. The predicted molar refractivity (Wildman–Crippen MR) is 124 cm³/mol. The van der Waals surface area contributed by atoms with Crippen LogP contribution in [0.5, 0.6) is 5.75 Å². The van der Waals surface area contributed by atoms with Crippen LogP contribution in [0.1, 0.15) is 66.3 Å². The monoisotopic (exact) mass is 447 g/mol. The first-order valence-corrected chi connectivity index (χ1v) is 11.3. The minimum Gasteiger partial charge on any atom is -0.484 e. The van der Waals surface area contributed by atoms with Crippen molar-refractivity contribution in [2.75, 3.05) is 6.54 Å². The van der Waals surface area contributed by atoms with Crippen LogP contribution in [0.2, 0.25) is 0 Å². The zero-order chi connectivity index (χ0) is 23.4. The van der Waals surface area contributed by atoms with Crippen molar-refractivity contribution in [2.24, 2.45) is 0 Å². The van der Waals surface area contributed by atoms with Crippen molar-refractivity contribution in [3.05, 3.63) is 83.1 Å². The van der Waals surface area contributed by atoms with Gasteiger partial charge < -0.3 is 19.4 Å². The number of carbonyl (C=O) groups is 2. The van der Waals surface area contributed by atoms with Gasteiger partial charge in [-0.1, -0.05) is 43.3 Å². The maximum Gasteiger partial charge on any atom is 0.273 e. The topological polar surface area (TPSA) is 84.7 Å². The Morgan fingerprint density at radius 3 is 2.73 bits per heavy atom. The molecule has 0 saturated heterocycles. The number of hydrogen-bond donors (Lipinski definition) is 1. The van der Waals surface area contributed by atoms with Crippen LogP contribution < -0.4 is 10.1 Å². The summed E-state index contributed by atoms with van der Waals surface area (Å²) in [6.07, 6.45) is 2.60. The van der Waals surface area contributed by atoms with Crippen LogP contribution in [-0.4, -0.2) is 34.3 Å². The van der Waals surface area contributed by atoms with Crippen molar-refractivity contribution in [1.29, 1.82) is 0 Å². The Labute approximate surface area is 193 Å². The van der Waals surface area contributed by atoms with Crippen molar-refractivity contribution in [3.63, 3.8) is 0 Å². The fourth-order valence-electron chi connectivity index (χ4n) is 4.11. The first-order chi connectivity index (χ1) is 16.0. The molecule has 0 radical (unpaired) electrons. The van der Waals surface area contributed by atoms with E-state index in [-0.39, 0.29) is 36.2 Å². The normalized spacial score (nSPS) is 15.3. The number of oxazole rings is 1. The van der Waals surface area contributed by atoms with Crippen molar-refractivity contribution >= 4 is 11.8 Å². The van der Waals surface area contributed by atoms with Gasteiger partial charge in [0, 0.05) is 19.0 Å². The Hall–Kier alpha value is -3.61. The fraction of sp³-hybridized carbons (Fsp3) is 0.346. The van der Waals surface area contributed by atoms with E-state index in [1.807, 2.05) is 56.0 Å². The molecule has 0 saturated carbocycles. The molecule has 1 atom stereocenters. The molecule has 0 spiro atoms. The van der Waals surface area contributed by atoms with E-state index in [1.54, 1.807) is 0 Å². The minimum atomic E-state index is -0.278. The van der Waals surface area contributed by atoms with Gasteiger partial charge in [0.15, 0.2) is 12.3 Å². The van der Waals surface area contributed by atoms with Gasteiger partial charge in [0.25, 0.3) is 5.91 Å². The Morgan fingerprint density at radius 1 is 1.21 bits per heavy atom. The van der Waals surface area contributed by atoms with Crippen LogP contribution in [0.15, 0.2) is 59.2 Å². The average molecular weight is 448 g/mol. The summed E-state index contributed by atoms with van der Waals surface area (Å²) in [4.78, 5) is 31.0. The van der Waals surface area contributed by atoms with E-state index in [0.29, 0.717) is 24.6 Å². The Bertz CT molecular complexity index is 1120. The zero-order valence-electron chi connectivity index (χ0n) is 19.2. The summed E-state index contributed by atoms with van der Waals surface area (Å²) in [6.45, 7) is 6.45. The number of nitrogens with one attached hydrogen (secondary N) is 1. The van der Waals surface area contributed by atoms with Gasteiger partial charge in [0.2, 0.25) is 11.8 Å². The van der Waals surface area contributed by atoms with E-state index < -0.39 is 0 Å². The first-order valence-electron chi connectivity index (χ1n) is 11.3. The smallest absolute Gasteiger partial charge is 0.273 e. The van der Waals surface area contributed by atoms with E-state index in [4.69, 9.17) is 9.15 Å². The molecule has 1 aliphatic heterocycles. The SMILES string of the molecule is CCC(=O)N1CCc2ccc(OCc3nc(C(=O)NC(C)C)co3)cc2C1c1ccccc1. The number of carbonyl (C=O) groups excluding carboxylic acids is 2. The second-order valence-corrected chi connectivity index (χ2v) is 8.41. The third kappa shape index (κ3) is 5.08. The van der Waals surface area contributed by atoms with Crippen LogP contribution in [-0.2, 0) is 17.8 Å². The number of benzene rings is 2. The molecule has 4 rings (SSSR count). The molecule has 0 fully saturated rings. The van der Waals surface area contributed by atoms with Gasteiger partial charge in [-0.2, -0.15) is 0 Å².